The van der Waals surface area contributed by atoms with Crippen molar-refractivity contribution in [2.45, 2.75) is 34.1 Å². The maximum atomic E-state index is 11.4. The maximum Gasteiger partial charge on any atom is 0.314 e. The molecule has 2 amide bonds. The van der Waals surface area contributed by atoms with Crippen LogP contribution in [-0.4, -0.2) is 30.2 Å². The van der Waals surface area contributed by atoms with Crippen LogP contribution < -0.4 is 10.6 Å². The Labute approximate surface area is 103 Å². The molecule has 0 saturated carbocycles. The van der Waals surface area contributed by atoms with E-state index in [1.165, 1.54) is 0 Å². The van der Waals surface area contributed by atoms with Crippen molar-refractivity contribution in [1.82, 2.24) is 10.6 Å². The lowest BCUT2D eigenvalue weighted by molar-refractivity contribution is -0.137. The zero-order valence-corrected chi connectivity index (χ0v) is 11.1. The van der Waals surface area contributed by atoms with Gasteiger partial charge in [0.25, 0.3) is 0 Å². The summed E-state index contributed by atoms with van der Waals surface area (Å²) in [5, 5.41) is 14.0. The molecular formula is C12H24N2O3. The van der Waals surface area contributed by atoms with E-state index in [9.17, 15) is 9.59 Å². The van der Waals surface area contributed by atoms with Crippen LogP contribution in [0.15, 0.2) is 0 Å². The zero-order valence-electron chi connectivity index (χ0n) is 11.1. The highest BCUT2D eigenvalue weighted by atomic mass is 16.4. The Morgan fingerprint density at radius 3 is 2.06 bits per heavy atom. The predicted molar refractivity (Wildman–Crippen MR) is 66.8 cm³/mol. The Bertz CT molecular complexity index is 254. The molecule has 3 N–H and O–H groups in total. The van der Waals surface area contributed by atoms with Crippen LogP contribution in [0.4, 0.5) is 4.79 Å². The van der Waals surface area contributed by atoms with Gasteiger partial charge in [-0.2, -0.15) is 0 Å². The molecule has 2 unspecified atom stereocenters. The molecule has 0 saturated heterocycles. The highest BCUT2D eigenvalue weighted by Gasteiger charge is 2.11. The Morgan fingerprint density at radius 1 is 1.06 bits per heavy atom. The van der Waals surface area contributed by atoms with Crippen molar-refractivity contribution in [1.29, 1.82) is 0 Å². The van der Waals surface area contributed by atoms with Gasteiger partial charge in [0.2, 0.25) is 0 Å². The molecule has 2 atom stereocenters. The van der Waals surface area contributed by atoms with Gasteiger partial charge >= 0.3 is 12.0 Å². The number of hydrogen-bond acceptors (Lipinski definition) is 2. The maximum absolute atomic E-state index is 11.4. The average Bonchev–Trinajstić information content (AvgIpc) is 2.21. The quantitative estimate of drug-likeness (QED) is 0.637. The van der Waals surface area contributed by atoms with Gasteiger partial charge in [-0.25, -0.2) is 4.79 Å². The van der Waals surface area contributed by atoms with E-state index in [2.05, 4.69) is 31.4 Å². The van der Waals surface area contributed by atoms with Gasteiger partial charge in [-0.1, -0.05) is 27.7 Å². The fourth-order valence-electron chi connectivity index (χ4n) is 1.19. The first-order chi connectivity index (χ1) is 7.82. The fraction of sp³-hybridized carbons (Fsp3) is 0.833. The lowest BCUT2D eigenvalue weighted by atomic mass is 9.98. The SMILES string of the molecule is CC(CNC(=O)NCC(C)C(C)C)CC(=O)O. The Kier molecular flexibility index (Phi) is 7.34. The van der Waals surface area contributed by atoms with E-state index in [4.69, 9.17) is 5.11 Å². The molecule has 0 aliphatic rings. The van der Waals surface area contributed by atoms with Crippen LogP contribution in [0.25, 0.3) is 0 Å². The molecular weight excluding hydrogens is 220 g/mol. The lowest BCUT2D eigenvalue weighted by Crippen LogP contribution is -2.40. The summed E-state index contributed by atoms with van der Waals surface area (Å²) < 4.78 is 0. The minimum Gasteiger partial charge on any atom is -0.481 e. The van der Waals surface area contributed by atoms with Crippen molar-refractivity contribution in [3.63, 3.8) is 0 Å². The summed E-state index contributed by atoms with van der Waals surface area (Å²) in [4.78, 5) is 21.8. The summed E-state index contributed by atoms with van der Waals surface area (Å²) in [6.07, 6.45) is 0.0721. The number of carboxylic acid groups (broad SMARTS) is 1. The number of rotatable bonds is 7. The van der Waals surface area contributed by atoms with Crippen LogP contribution in [0.1, 0.15) is 34.1 Å². The summed E-state index contributed by atoms with van der Waals surface area (Å²) >= 11 is 0. The zero-order chi connectivity index (χ0) is 13.4. The van der Waals surface area contributed by atoms with Crippen molar-refractivity contribution in [3.05, 3.63) is 0 Å². The number of amides is 2. The third-order valence-corrected chi connectivity index (χ3v) is 2.86. The number of aliphatic carboxylic acids is 1. The summed E-state index contributed by atoms with van der Waals surface area (Å²) in [5.41, 5.74) is 0. The minimum absolute atomic E-state index is 0.0548. The molecule has 0 aromatic rings. The van der Waals surface area contributed by atoms with Gasteiger partial charge in [-0.3, -0.25) is 4.79 Å². The minimum atomic E-state index is -0.840. The topological polar surface area (TPSA) is 78.4 Å². The van der Waals surface area contributed by atoms with Gasteiger partial charge in [0.1, 0.15) is 0 Å². The molecule has 0 aliphatic heterocycles. The summed E-state index contributed by atoms with van der Waals surface area (Å²) in [6, 6.07) is -0.227. The second-order valence-electron chi connectivity index (χ2n) is 5.02. The van der Waals surface area contributed by atoms with E-state index in [1.807, 2.05) is 0 Å². The molecule has 0 bridgehead atoms. The van der Waals surface area contributed by atoms with Crippen molar-refractivity contribution < 1.29 is 14.7 Å². The molecule has 0 heterocycles. The van der Waals surface area contributed by atoms with Crippen LogP contribution >= 0.6 is 0 Å². The van der Waals surface area contributed by atoms with Gasteiger partial charge in [-0.15, -0.1) is 0 Å². The van der Waals surface area contributed by atoms with Crippen molar-refractivity contribution in [2.75, 3.05) is 13.1 Å². The smallest absolute Gasteiger partial charge is 0.314 e. The molecule has 0 aliphatic carbocycles. The van der Waals surface area contributed by atoms with Crippen LogP contribution in [0.2, 0.25) is 0 Å². The average molecular weight is 244 g/mol. The van der Waals surface area contributed by atoms with E-state index in [0.29, 0.717) is 24.9 Å². The first kappa shape index (κ1) is 15.7. The molecule has 0 radical (unpaired) electrons. The van der Waals surface area contributed by atoms with Crippen LogP contribution in [-0.2, 0) is 4.79 Å². The molecule has 0 spiro atoms. The standard InChI is InChI=1S/C12H24N2O3/c1-8(2)10(4)7-14-12(17)13-6-9(3)5-11(15)16/h8-10H,5-7H2,1-4H3,(H,15,16)(H2,13,14,17). The largest absolute Gasteiger partial charge is 0.481 e. The summed E-state index contributed by atoms with van der Waals surface area (Å²) in [7, 11) is 0. The first-order valence-corrected chi connectivity index (χ1v) is 6.06. The Morgan fingerprint density at radius 2 is 1.59 bits per heavy atom. The number of carboxylic acids is 1. The Hall–Kier alpha value is -1.26. The van der Waals surface area contributed by atoms with Gasteiger partial charge in [0.05, 0.1) is 0 Å². The number of nitrogens with one attached hydrogen (secondary N) is 2. The molecule has 5 heteroatoms. The van der Waals surface area contributed by atoms with E-state index in [-0.39, 0.29) is 18.4 Å². The van der Waals surface area contributed by atoms with Crippen LogP contribution in [0.5, 0.6) is 0 Å². The van der Waals surface area contributed by atoms with E-state index < -0.39 is 5.97 Å². The number of carbonyl (C=O) groups excluding carboxylic acids is 1. The van der Waals surface area contributed by atoms with Crippen molar-refractivity contribution >= 4 is 12.0 Å². The summed E-state index contributed by atoms with van der Waals surface area (Å²) in [5.74, 6) is 0.0623. The fourth-order valence-corrected chi connectivity index (χ4v) is 1.19. The van der Waals surface area contributed by atoms with Crippen molar-refractivity contribution in [2.24, 2.45) is 17.8 Å². The molecule has 5 nitrogen and oxygen atoms in total. The van der Waals surface area contributed by atoms with Crippen LogP contribution in [0.3, 0.4) is 0 Å². The number of carbonyl (C=O) groups is 2. The van der Waals surface area contributed by atoms with E-state index >= 15 is 0 Å². The van der Waals surface area contributed by atoms with Crippen LogP contribution in [0, 0.1) is 17.8 Å². The molecule has 100 valence electrons. The Balaban J connectivity index is 3.69. The van der Waals surface area contributed by atoms with Gasteiger partial charge in [0.15, 0.2) is 0 Å². The van der Waals surface area contributed by atoms with Gasteiger partial charge in [0, 0.05) is 19.5 Å². The normalized spacial score (nSPS) is 14.2. The molecule has 0 fully saturated rings. The predicted octanol–water partition coefficient (Wildman–Crippen LogP) is 1.69. The van der Waals surface area contributed by atoms with Gasteiger partial charge < -0.3 is 15.7 Å². The second-order valence-corrected chi connectivity index (χ2v) is 5.02. The highest BCUT2D eigenvalue weighted by Crippen LogP contribution is 2.07. The number of hydrogen-bond donors (Lipinski definition) is 3. The third-order valence-electron chi connectivity index (χ3n) is 2.86. The number of urea groups is 1. The molecule has 0 rings (SSSR count). The monoisotopic (exact) mass is 244 g/mol. The molecule has 17 heavy (non-hydrogen) atoms. The van der Waals surface area contributed by atoms with Crippen molar-refractivity contribution in [3.8, 4) is 0 Å². The third kappa shape index (κ3) is 8.54. The summed E-state index contributed by atoms with van der Waals surface area (Å²) in [6.45, 7) is 9.12. The molecule has 0 aromatic carbocycles. The van der Waals surface area contributed by atoms with E-state index in [0.717, 1.165) is 0 Å². The lowest BCUT2D eigenvalue weighted by Gasteiger charge is -2.17. The van der Waals surface area contributed by atoms with E-state index in [1.54, 1.807) is 6.92 Å². The van der Waals surface area contributed by atoms with Gasteiger partial charge in [-0.05, 0) is 17.8 Å². The molecule has 0 aromatic heterocycles. The first-order valence-electron chi connectivity index (χ1n) is 6.06. The second kappa shape index (κ2) is 7.92. The highest BCUT2D eigenvalue weighted by molar-refractivity contribution is 5.74.